The molecule has 0 radical (unpaired) electrons. The third kappa shape index (κ3) is 3.01. The minimum atomic E-state index is -0.322. The maximum Gasteiger partial charge on any atom is 0.255 e. The molecular formula is C16H20N4O2. The normalized spacial score (nSPS) is 20.9. The van der Waals surface area contributed by atoms with E-state index in [1.54, 1.807) is 29.4 Å². The van der Waals surface area contributed by atoms with Crippen LogP contribution in [0, 0.1) is 0 Å². The highest BCUT2D eigenvalue weighted by Gasteiger charge is 2.34. The Kier molecular flexibility index (Phi) is 3.70. The Balaban J connectivity index is 1.77. The predicted molar refractivity (Wildman–Crippen MR) is 81.9 cm³/mol. The first-order valence-corrected chi connectivity index (χ1v) is 7.36. The molecule has 116 valence electrons. The number of imidazole rings is 1. The van der Waals surface area contributed by atoms with E-state index in [9.17, 15) is 4.79 Å². The summed E-state index contributed by atoms with van der Waals surface area (Å²) in [5, 5.41) is 0. The molecule has 6 nitrogen and oxygen atoms in total. The van der Waals surface area contributed by atoms with Crippen LogP contribution in [0.25, 0.3) is 5.82 Å². The molecule has 6 heteroatoms. The van der Waals surface area contributed by atoms with Crippen molar-refractivity contribution < 1.29 is 9.53 Å². The first-order chi connectivity index (χ1) is 10.4. The Morgan fingerprint density at radius 3 is 2.82 bits per heavy atom. The second-order valence-corrected chi connectivity index (χ2v) is 6.25. The van der Waals surface area contributed by atoms with Crippen molar-refractivity contribution in [2.75, 3.05) is 13.1 Å². The molecule has 1 aliphatic heterocycles. The van der Waals surface area contributed by atoms with Crippen LogP contribution in [0.5, 0.6) is 0 Å². The fourth-order valence-electron chi connectivity index (χ4n) is 2.85. The molecule has 1 aliphatic rings. The van der Waals surface area contributed by atoms with Gasteiger partial charge in [-0.05, 0) is 32.9 Å². The van der Waals surface area contributed by atoms with Crippen LogP contribution in [0.1, 0.15) is 31.1 Å². The van der Waals surface area contributed by atoms with Crippen LogP contribution in [-0.4, -0.2) is 50.1 Å². The van der Waals surface area contributed by atoms with Crippen LogP contribution in [0.15, 0.2) is 37.1 Å². The van der Waals surface area contributed by atoms with E-state index < -0.39 is 0 Å². The summed E-state index contributed by atoms with van der Waals surface area (Å²) in [6.07, 6.45) is 6.83. The average Bonchev–Trinajstić information content (AvgIpc) is 2.99. The molecule has 1 fully saturated rings. The lowest BCUT2D eigenvalue weighted by Gasteiger charge is -2.41. The first kappa shape index (κ1) is 14.7. The summed E-state index contributed by atoms with van der Waals surface area (Å²) in [5.74, 6) is 0.734. The van der Waals surface area contributed by atoms with Crippen molar-refractivity contribution in [3.63, 3.8) is 0 Å². The summed E-state index contributed by atoms with van der Waals surface area (Å²) in [4.78, 5) is 22.8. The maximum atomic E-state index is 12.6. The number of carbonyl (C=O) groups excluding carboxylic acids is 1. The minimum Gasteiger partial charge on any atom is -0.369 e. The molecule has 0 bridgehead atoms. The van der Waals surface area contributed by atoms with Crippen LogP contribution in [-0.2, 0) is 4.74 Å². The van der Waals surface area contributed by atoms with E-state index in [0.717, 1.165) is 5.82 Å². The van der Waals surface area contributed by atoms with Gasteiger partial charge in [0.1, 0.15) is 12.1 Å². The van der Waals surface area contributed by atoms with Crippen molar-refractivity contribution >= 4 is 5.91 Å². The SMILES string of the molecule is CC1CN(C(=O)c2ccc(-n3ccnc3)nc2)CC(C)(C)O1. The highest BCUT2D eigenvalue weighted by Crippen LogP contribution is 2.22. The van der Waals surface area contributed by atoms with Crippen molar-refractivity contribution in [1.29, 1.82) is 0 Å². The van der Waals surface area contributed by atoms with Gasteiger partial charge < -0.3 is 9.64 Å². The lowest BCUT2D eigenvalue weighted by Crippen LogP contribution is -2.53. The van der Waals surface area contributed by atoms with Crippen LogP contribution < -0.4 is 0 Å². The number of hydrogen-bond acceptors (Lipinski definition) is 4. The van der Waals surface area contributed by atoms with Gasteiger partial charge in [-0.25, -0.2) is 9.97 Å². The summed E-state index contributed by atoms with van der Waals surface area (Å²) in [6, 6.07) is 3.63. The van der Waals surface area contributed by atoms with E-state index >= 15 is 0 Å². The molecule has 3 heterocycles. The Bertz CT molecular complexity index is 649. The standard InChI is InChI=1S/C16H20N4O2/c1-12-9-20(10-16(2,3)22-12)15(21)13-4-5-14(18-8-13)19-7-6-17-11-19/h4-8,11-12H,9-10H2,1-3H3. The van der Waals surface area contributed by atoms with Gasteiger partial charge >= 0.3 is 0 Å². The maximum absolute atomic E-state index is 12.6. The van der Waals surface area contributed by atoms with Gasteiger partial charge in [-0.1, -0.05) is 0 Å². The van der Waals surface area contributed by atoms with Gasteiger partial charge in [-0.3, -0.25) is 9.36 Å². The second-order valence-electron chi connectivity index (χ2n) is 6.25. The molecule has 2 aromatic heterocycles. The molecule has 0 aliphatic carbocycles. The Morgan fingerprint density at radius 1 is 1.41 bits per heavy atom. The number of ether oxygens (including phenoxy) is 1. The highest BCUT2D eigenvalue weighted by molar-refractivity contribution is 5.94. The number of rotatable bonds is 2. The summed E-state index contributed by atoms with van der Waals surface area (Å²) >= 11 is 0. The lowest BCUT2D eigenvalue weighted by molar-refractivity contribution is -0.118. The molecule has 1 amide bonds. The van der Waals surface area contributed by atoms with Gasteiger partial charge in [0, 0.05) is 31.7 Å². The Hall–Kier alpha value is -2.21. The fourth-order valence-corrected chi connectivity index (χ4v) is 2.85. The van der Waals surface area contributed by atoms with E-state index in [1.807, 2.05) is 37.9 Å². The molecule has 3 rings (SSSR count). The molecule has 0 aromatic carbocycles. The smallest absolute Gasteiger partial charge is 0.255 e. The summed E-state index contributed by atoms with van der Waals surface area (Å²) in [6.45, 7) is 7.18. The molecule has 1 saturated heterocycles. The Labute approximate surface area is 129 Å². The molecule has 0 N–H and O–H groups in total. The number of nitrogens with zero attached hydrogens (tertiary/aromatic N) is 4. The molecule has 2 aromatic rings. The molecular weight excluding hydrogens is 280 g/mol. The highest BCUT2D eigenvalue weighted by atomic mass is 16.5. The zero-order valence-corrected chi connectivity index (χ0v) is 13.1. The van der Waals surface area contributed by atoms with Crippen molar-refractivity contribution in [3.8, 4) is 5.82 Å². The number of pyridine rings is 1. The predicted octanol–water partition coefficient (Wildman–Crippen LogP) is 1.91. The summed E-state index contributed by atoms with van der Waals surface area (Å²) in [5.41, 5.74) is 0.270. The van der Waals surface area contributed by atoms with Crippen molar-refractivity contribution in [2.24, 2.45) is 0 Å². The second kappa shape index (κ2) is 5.53. The van der Waals surface area contributed by atoms with Crippen molar-refractivity contribution in [1.82, 2.24) is 19.4 Å². The molecule has 1 atom stereocenters. The van der Waals surface area contributed by atoms with E-state index in [0.29, 0.717) is 18.7 Å². The van der Waals surface area contributed by atoms with E-state index in [2.05, 4.69) is 9.97 Å². The summed E-state index contributed by atoms with van der Waals surface area (Å²) in [7, 11) is 0. The number of amides is 1. The molecule has 0 spiro atoms. The van der Waals surface area contributed by atoms with E-state index in [1.165, 1.54) is 0 Å². The van der Waals surface area contributed by atoms with Crippen LogP contribution in [0.4, 0.5) is 0 Å². The minimum absolute atomic E-state index is 0.00657. The zero-order chi connectivity index (χ0) is 15.7. The van der Waals surface area contributed by atoms with E-state index in [-0.39, 0.29) is 17.6 Å². The monoisotopic (exact) mass is 300 g/mol. The topological polar surface area (TPSA) is 60.2 Å². The van der Waals surface area contributed by atoms with Gasteiger partial charge in [0.15, 0.2) is 0 Å². The molecule has 0 saturated carbocycles. The number of carbonyl (C=O) groups is 1. The van der Waals surface area contributed by atoms with Crippen molar-refractivity contribution in [3.05, 3.63) is 42.6 Å². The van der Waals surface area contributed by atoms with Gasteiger partial charge in [0.05, 0.1) is 17.3 Å². The zero-order valence-electron chi connectivity index (χ0n) is 13.1. The number of hydrogen-bond donors (Lipinski definition) is 0. The van der Waals surface area contributed by atoms with Crippen LogP contribution in [0.3, 0.4) is 0 Å². The molecule has 22 heavy (non-hydrogen) atoms. The first-order valence-electron chi connectivity index (χ1n) is 7.36. The largest absolute Gasteiger partial charge is 0.369 e. The van der Waals surface area contributed by atoms with Gasteiger partial charge in [-0.15, -0.1) is 0 Å². The van der Waals surface area contributed by atoms with Crippen molar-refractivity contribution in [2.45, 2.75) is 32.5 Å². The quantitative estimate of drug-likeness (QED) is 0.850. The Morgan fingerprint density at radius 2 is 2.23 bits per heavy atom. The third-order valence-corrected chi connectivity index (χ3v) is 3.62. The number of morpholine rings is 1. The molecule has 1 unspecified atom stereocenters. The van der Waals surface area contributed by atoms with Gasteiger partial charge in [-0.2, -0.15) is 0 Å². The number of aromatic nitrogens is 3. The van der Waals surface area contributed by atoms with Crippen LogP contribution in [0.2, 0.25) is 0 Å². The summed E-state index contributed by atoms with van der Waals surface area (Å²) < 4.78 is 7.64. The van der Waals surface area contributed by atoms with Gasteiger partial charge in [0.2, 0.25) is 0 Å². The van der Waals surface area contributed by atoms with E-state index in [4.69, 9.17) is 4.74 Å². The lowest BCUT2D eigenvalue weighted by atomic mass is 10.0. The van der Waals surface area contributed by atoms with Crippen LogP contribution >= 0.6 is 0 Å². The fraction of sp³-hybridized carbons (Fsp3) is 0.438. The van der Waals surface area contributed by atoms with Gasteiger partial charge in [0.25, 0.3) is 5.91 Å². The average molecular weight is 300 g/mol. The third-order valence-electron chi connectivity index (χ3n) is 3.62.